The second-order valence-corrected chi connectivity index (χ2v) is 7.60. The number of nitrogens with zero attached hydrogens (tertiary/aromatic N) is 1. The summed E-state index contributed by atoms with van der Waals surface area (Å²) in [5, 5.41) is 15.5. The number of ether oxygens (including phenoxy) is 2. The molecule has 4 rings (SSSR count). The zero-order valence-electron chi connectivity index (χ0n) is 16.6. The van der Waals surface area contributed by atoms with Crippen molar-refractivity contribution in [3.63, 3.8) is 0 Å². The van der Waals surface area contributed by atoms with Gasteiger partial charge in [0.25, 0.3) is 5.91 Å². The Hall–Kier alpha value is -2.79. The normalized spacial score (nSPS) is 19.4. The largest absolute Gasteiger partial charge is 0.372 e. The molecule has 156 valence electrons. The zero-order valence-corrected chi connectivity index (χ0v) is 16.6. The number of benzene rings is 2. The molecule has 1 amide bonds. The lowest BCUT2D eigenvalue weighted by molar-refractivity contribution is -0.132. The maximum atomic E-state index is 13.6. The van der Waals surface area contributed by atoms with Crippen LogP contribution in [-0.4, -0.2) is 37.7 Å². The Balaban J connectivity index is 1.48. The second-order valence-electron chi connectivity index (χ2n) is 7.60. The Morgan fingerprint density at radius 2 is 2.00 bits per heavy atom. The predicted octanol–water partition coefficient (Wildman–Crippen LogP) is 2.45. The number of hydrogen-bond donors (Lipinski definition) is 2. The third-order valence-electron chi connectivity index (χ3n) is 5.39. The van der Waals surface area contributed by atoms with Crippen molar-refractivity contribution in [1.29, 1.82) is 5.26 Å². The first kappa shape index (κ1) is 20.5. The third-order valence-corrected chi connectivity index (χ3v) is 5.39. The summed E-state index contributed by atoms with van der Waals surface area (Å²) in [6, 6.07) is 12.2. The molecule has 2 aromatic rings. The van der Waals surface area contributed by atoms with E-state index in [1.165, 1.54) is 12.1 Å². The summed E-state index contributed by atoms with van der Waals surface area (Å²) in [4.78, 5) is 12.5. The van der Waals surface area contributed by atoms with Crippen LogP contribution in [0.25, 0.3) is 11.1 Å². The molecule has 0 radical (unpaired) electrons. The number of halogens is 1. The molecule has 30 heavy (non-hydrogen) atoms. The number of carbonyl (C=O) groups is 1. The molecular weight excluding hydrogens is 385 g/mol. The van der Waals surface area contributed by atoms with E-state index in [1.807, 2.05) is 18.2 Å². The fourth-order valence-electron chi connectivity index (χ4n) is 3.88. The Bertz CT molecular complexity index is 965. The molecule has 2 aliphatic heterocycles. The van der Waals surface area contributed by atoms with Gasteiger partial charge in [0.2, 0.25) is 0 Å². The summed E-state index contributed by atoms with van der Waals surface area (Å²) >= 11 is 0. The van der Waals surface area contributed by atoms with Gasteiger partial charge in [0.15, 0.2) is 0 Å². The predicted molar refractivity (Wildman–Crippen MR) is 109 cm³/mol. The van der Waals surface area contributed by atoms with E-state index in [4.69, 9.17) is 9.47 Å². The molecule has 7 heteroatoms. The number of fused-ring (bicyclic) bond motifs is 3. The lowest BCUT2D eigenvalue weighted by atomic mass is 9.93. The standard InChI is InChI=1S/C23H24FN3O3/c24-18-3-5-21-17(10-18)14-29-13-16-8-15(2-4-20(16)21)9-19(11-25)27-23(28)22-12-26-6-1-7-30-22/h2-5,8,10,19,22,26H,1,6-7,9,12-14H2,(H,27,28)/t19-,22-/m0/s1. The van der Waals surface area contributed by atoms with Crippen LogP contribution in [0.2, 0.25) is 0 Å². The van der Waals surface area contributed by atoms with Gasteiger partial charge in [-0.2, -0.15) is 5.26 Å². The van der Waals surface area contributed by atoms with E-state index in [-0.39, 0.29) is 11.7 Å². The van der Waals surface area contributed by atoms with Gasteiger partial charge in [-0.3, -0.25) is 4.79 Å². The van der Waals surface area contributed by atoms with Gasteiger partial charge in [-0.1, -0.05) is 24.3 Å². The van der Waals surface area contributed by atoms with Crippen LogP contribution < -0.4 is 10.6 Å². The van der Waals surface area contributed by atoms with Crippen LogP contribution in [0.3, 0.4) is 0 Å². The van der Waals surface area contributed by atoms with Gasteiger partial charge >= 0.3 is 0 Å². The minimum absolute atomic E-state index is 0.273. The molecule has 2 N–H and O–H groups in total. The topological polar surface area (TPSA) is 83.4 Å². The van der Waals surface area contributed by atoms with Crippen molar-refractivity contribution in [1.82, 2.24) is 10.6 Å². The van der Waals surface area contributed by atoms with Gasteiger partial charge in [-0.15, -0.1) is 0 Å². The Labute approximate surface area is 175 Å². The average molecular weight is 409 g/mol. The zero-order chi connectivity index (χ0) is 20.9. The van der Waals surface area contributed by atoms with Crippen LogP contribution in [-0.2, 0) is 33.9 Å². The summed E-state index contributed by atoms with van der Waals surface area (Å²) in [6.45, 7) is 2.55. The molecule has 0 bridgehead atoms. The van der Waals surface area contributed by atoms with E-state index in [1.54, 1.807) is 6.07 Å². The molecule has 0 saturated carbocycles. The smallest absolute Gasteiger partial charge is 0.251 e. The van der Waals surface area contributed by atoms with E-state index < -0.39 is 12.1 Å². The summed E-state index contributed by atoms with van der Waals surface area (Å²) < 4.78 is 24.9. The highest BCUT2D eigenvalue weighted by molar-refractivity contribution is 5.81. The van der Waals surface area contributed by atoms with Gasteiger partial charge in [0, 0.05) is 19.6 Å². The van der Waals surface area contributed by atoms with E-state index in [9.17, 15) is 14.4 Å². The molecule has 1 fully saturated rings. The van der Waals surface area contributed by atoms with Crippen molar-refractivity contribution < 1.29 is 18.7 Å². The number of nitriles is 1. The highest BCUT2D eigenvalue weighted by atomic mass is 19.1. The molecule has 6 nitrogen and oxygen atoms in total. The SMILES string of the molecule is N#C[C@H](Cc1ccc2c(c1)COCc1cc(F)ccc1-2)NC(=O)[C@@H]1CNCCCO1. The van der Waals surface area contributed by atoms with Crippen LogP contribution >= 0.6 is 0 Å². The van der Waals surface area contributed by atoms with E-state index >= 15 is 0 Å². The van der Waals surface area contributed by atoms with Crippen molar-refractivity contribution in [3.05, 3.63) is 58.9 Å². The van der Waals surface area contributed by atoms with Crippen molar-refractivity contribution in [2.75, 3.05) is 19.7 Å². The van der Waals surface area contributed by atoms with Crippen LogP contribution in [0.1, 0.15) is 23.1 Å². The van der Waals surface area contributed by atoms with Gasteiger partial charge in [-0.05, 0) is 52.9 Å². The van der Waals surface area contributed by atoms with E-state index in [0.717, 1.165) is 40.8 Å². The number of nitrogens with one attached hydrogen (secondary N) is 2. The molecular formula is C23H24FN3O3. The first-order valence-electron chi connectivity index (χ1n) is 10.1. The van der Waals surface area contributed by atoms with E-state index in [2.05, 4.69) is 16.7 Å². The van der Waals surface area contributed by atoms with Crippen LogP contribution in [0, 0.1) is 17.1 Å². The molecule has 2 aromatic carbocycles. The molecule has 0 unspecified atom stereocenters. The Morgan fingerprint density at radius 3 is 2.80 bits per heavy atom. The van der Waals surface area contributed by atoms with Crippen molar-refractivity contribution in [3.8, 4) is 17.2 Å². The molecule has 0 spiro atoms. The lowest BCUT2D eigenvalue weighted by Gasteiger charge is -2.18. The Kier molecular flexibility index (Phi) is 6.38. The monoisotopic (exact) mass is 409 g/mol. The van der Waals surface area contributed by atoms with Crippen molar-refractivity contribution >= 4 is 5.91 Å². The number of hydrogen-bond acceptors (Lipinski definition) is 5. The third kappa shape index (κ3) is 4.68. The molecule has 2 heterocycles. The summed E-state index contributed by atoms with van der Waals surface area (Å²) in [6.07, 6.45) is 0.658. The molecule has 1 saturated heterocycles. The number of amides is 1. The average Bonchev–Trinajstić information content (AvgIpc) is 3.12. The summed E-state index contributed by atoms with van der Waals surface area (Å²) in [5.74, 6) is -0.553. The first-order chi connectivity index (χ1) is 14.6. The fourth-order valence-corrected chi connectivity index (χ4v) is 3.88. The molecule has 0 aliphatic carbocycles. The molecule has 2 aliphatic rings. The second kappa shape index (κ2) is 9.35. The van der Waals surface area contributed by atoms with Gasteiger partial charge in [0.05, 0.1) is 19.3 Å². The summed E-state index contributed by atoms with van der Waals surface area (Å²) in [7, 11) is 0. The van der Waals surface area contributed by atoms with Gasteiger partial charge in [0.1, 0.15) is 18.0 Å². The highest BCUT2D eigenvalue weighted by Gasteiger charge is 2.24. The minimum atomic E-state index is -0.657. The van der Waals surface area contributed by atoms with Gasteiger partial charge < -0.3 is 20.1 Å². The quantitative estimate of drug-likeness (QED) is 0.811. The van der Waals surface area contributed by atoms with Crippen LogP contribution in [0.5, 0.6) is 0 Å². The van der Waals surface area contributed by atoms with E-state index in [0.29, 0.717) is 32.8 Å². The van der Waals surface area contributed by atoms with Crippen LogP contribution in [0.4, 0.5) is 4.39 Å². The highest BCUT2D eigenvalue weighted by Crippen LogP contribution is 2.32. The number of carbonyl (C=O) groups excluding carboxylic acids is 1. The molecule has 0 aromatic heterocycles. The fraction of sp³-hybridized carbons (Fsp3) is 0.391. The Morgan fingerprint density at radius 1 is 1.23 bits per heavy atom. The minimum Gasteiger partial charge on any atom is -0.372 e. The van der Waals surface area contributed by atoms with Crippen molar-refractivity contribution in [2.45, 2.75) is 38.2 Å². The number of rotatable bonds is 4. The maximum Gasteiger partial charge on any atom is 0.251 e. The van der Waals surface area contributed by atoms with Crippen molar-refractivity contribution in [2.24, 2.45) is 0 Å². The first-order valence-corrected chi connectivity index (χ1v) is 10.1. The lowest BCUT2D eigenvalue weighted by Crippen LogP contribution is -2.46. The van der Waals surface area contributed by atoms with Gasteiger partial charge in [-0.25, -0.2) is 4.39 Å². The summed E-state index contributed by atoms with van der Waals surface area (Å²) in [5.41, 5.74) is 4.69. The van der Waals surface area contributed by atoms with Crippen LogP contribution in [0.15, 0.2) is 36.4 Å². The molecule has 2 atom stereocenters. The maximum absolute atomic E-state index is 13.6.